The van der Waals surface area contributed by atoms with Gasteiger partial charge in [0.2, 0.25) is 0 Å². The van der Waals surface area contributed by atoms with E-state index in [2.05, 4.69) is 26.2 Å². The summed E-state index contributed by atoms with van der Waals surface area (Å²) in [5.41, 5.74) is 7.09. The summed E-state index contributed by atoms with van der Waals surface area (Å²) in [6.45, 7) is 0. The minimum atomic E-state index is -0.294. The van der Waals surface area contributed by atoms with Gasteiger partial charge >= 0.3 is 0 Å². The van der Waals surface area contributed by atoms with E-state index in [0.29, 0.717) is 22.0 Å². The molecular weight excluding hydrogens is 318 g/mol. The molecule has 3 N–H and O–H groups in total. The zero-order valence-electron chi connectivity index (χ0n) is 9.15. The van der Waals surface area contributed by atoms with Crippen LogP contribution < -0.4 is 11.1 Å². The van der Waals surface area contributed by atoms with Crippen LogP contribution >= 0.6 is 27.5 Å². The minimum absolute atomic E-state index is 0.294. The van der Waals surface area contributed by atoms with Crippen molar-refractivity contribution >= 4 is 44.8 Å². The number of nitrogens with zero attached hydrogens (tertiary/aromatic N) is 1. The maximum atomic E-state index is 12.0. The molecule has 1 heterocycles. The van der Waals surface area contributed by atoms with E-state index in [1.54, 1.807) is 30.5 Å². The topological polar surface area (TPSA) is 68.0 Å². The lowest BCUT2D eigenvalue weighted by Gasteiger charge is -2.07. The van der Waals surface area contributed by atoms with Gasteiger partial charge in [-0.2, -0.15) is 0 Å². The molecule has 0 atom stereocenters. The van der Waals surface area contributed by atoms with Crippen molar-refractivity contribution in [3.8, 4) is 0 Å². The van der Waals surface area contributed by atoms with Gasteiger partial charge in [0, 0.05) is 21.9 Å². The van der Waals surface area contributed by atoms with Gasteiger partial charge in [-0.1, -0.05) is 27.5 Å². The van der Waals surface area contributed by atoms with Crippen LogP contribution in [0.5, 0.6) is 0 Å². The molecule has 18 heavy (non-hydrogen) atoms. The van der Waals surface area contributed by atoms with Crippen molar-refractivity contribution in [2.24, 2.45) is 0 Å². The van der Waals surface area contributed by atoms with Crippen LogP contribution in [0.25, 0.3) is 0 Å². The molecule has 0 saturated heterocycles. The second-order valence-electron chi connectivity index (χ2n) is 3.58. The van der Waals surface area contributed by atoms with Crippen molar-refractivity contribution in [1.29, 1.82) is 0 Å². The second kappa shape index (κ2) is 5.37. The van der Waals surface area contributed by atoms with E-state index < -0.39 is 0 Å². The highest BCUT2D eigenvalue weighted by Gasteiger charge is 2.09. The highest BCUT2D eigenvalue weighted by atomic mass is 79.9. The molecule has 2 rings (SSSR count). The molecule has 0 spiro atoms. The number of nitrogen functional groups attached to an aromatic ring is 1. The zero-order valence-corrected chi connectivity index (χ0v) is 11.5. The summed E-state index contributed by atoms with van der Waals surface area (Å²) in [5.74, 6) is -0.294. The molecule has 1 amide bonds. The van der Waals surface area contributed by atoms with Crippen molar-refractivity contribution in [1.82, 2.24) is 4.98 Å². The second-order valence-corrected chi connectivity index (χ2v) is 4.91. The quantitative estimate of drug-likeness (QED) is 0.832. The van der Waals surface area contributed by atoms with Gasteiger partial charge in [-0.05, 0) is 24.3 Å². The van der Waals surface area contributed by atoms with Crippen LogP contribution in [0.2, 0.25) is 5.02 Å². The van der Waals surface area contributed by atoms with Crippen LogP contribution in [0.1, 0.15) is 10.4 Å². The van der Waals surface area contributed by atoms with Gasteiger partial charge in [0.1, 0.15) is 0 Å². The van der Waals surface area contributed by atoms with Crippen LogP contribution in [0.15, 0.2) is 41.1 Å². The number of hydrogen-bond acceptors (Lipinski definition) is 3. The van der Waals surface area contributed by atoms with Crippen LogP contribution in [0.4, 0.5) is 11.4 Å². The molecule has 0 aliphatic carbocycles. The minimum Gasteiger partial charge on any atom is -0.399 e. The van der Waals surface area contributed by atoms with Gasteiger partial charge in [0.05, 0.1) is 16.9 Å². The summed E-state index contributed by atoms with van der Waals surface area (Å²) in [7, 11) is 0. The highest BCUT2D eigenvalue weighted by Crippen LogP contribution is 2.22. The van der Waals surface area contributed by atoms with Crippen LogP contribution in [0, 0.1) is 0 Å². The smallest absolute Gasteiger partial charge is 0.255 e. The molecule has 2 aromatic rings. The molecule has 4 nitrogen and oxygen atoms in total. The number of halogens is 2. The largest absolute Gasteiger partial charge is 0.399 e. The normalized spacial score (nSPS) is 10.1. The maximum absolute atomic E-state index is 12.0. The number of carbonyl (C=O) groups excluding carboxylic acids is 1. The Morgan fingerprint density at radius 3 is 2.83 bits per heavy atom. The molecule has 0 bridgehead atoms. The van der Waals surface area contributed by atoms with E-state index in [4.69, 9.17) is 17.3 Å². The Balaban J connectivity index is 2.25. The number of amides is 1. The zero-order chi connectivity index (χ0) is 13.1. The summed E-state index contributed by atoms with van der Waals surface area (Å²) in [4.78, 5) is 15.9. The molecule has 92 valence electrons. The van der Waals surface area contributed by atoms with Gasteiger partial charge in [-0.3, -0.25) is 9.78 Å². The first kappa shape index (κ1) is 12.9. The van der Waals surface area contributed by atoms with Gasteiger partial charge < -0.3 is 11.1 Å². The summed E-state index contributed by atoms with van der Waals surface area (Å²) in [6.07, 6.45) is 3.04. The van der Waals surface area contributed by atoms with Crippen LogP contribution in [0.3, 0.4) is 0 Å². The Morgan fingerprint density at radius 2 is 2.17 bits per heavy atom. The molecule has 0 fully saturated rings. The fourth-order valence-electron chi connectivity index (χ4n) is 1.41. The molecule has 1 aromatic carbocycles. The third kappa shape index (κ3) is 3.00. The summed E-state index contributed by atoms with van der Waals surface area (Å²) < 4.78 is 0.741. The van der Waals surface area contributed by atoms with E-state index >= 15 is 0 Å². The Hall–Kier alpha value is -1.59. The van der Waals surface area contributed by atoms with E-state index in [9.17, 15) is 4.79 Å². The van der Waals surface area contributed by atoms with Gasteiger partial charge in [0.25, 0.3) is 5.91 Å². The number of nitrogens with one attached hydrogen (secondary N) is 1. The van der Waals surface area contributed by atoms with Crippen molar-refractivity contribution in [3.05, 3.63) is 51.7 Å². The summed E-state index contributed by atoms with van der Waals surface area (Å²) in [6, 6.07) is 6.58. The lowest BCUT2D eigenvalue weighted by atomic mass is 10.2. The van der Waals surface area contributed by atoms with Gasteiger partial charge in [0.15, 0.2) is 0 Å². The third-order valence-electron chi connectivity index (χ3n) is 2.20. The first-order valence-electron chi connectivity index (χ1n) is 5.03. The molecule has 0 saturated carbocycles. The number of anilines is 2. The summed E-state index contributed by atoms with van der Waals surface area (Å²) in [5, 5.41) is 3.10. The average molecular weight is 327 g/mol. The molecular formula is C12H9BrClN3O. The number of carbonyl (C=O) groups is 1. The Morgan fingerprint density at radius 1 is 1.39 bits per heavy atom. The first-order valence-corrected chi connectivity index (χ1v) is 6.20. The standard InChI is InChI=1S/C12H9BrClN3O/c13-8-3-7(4-9(15)5-8)12(18)17-11-6-16-2-1-10(11)14/h1-6H,15H2,(H,17,18). The average Bonchev–Trinajstić information content (AvgIpc) is 2.31. The number of hydrogen-bond donors (Lipinski definition) is 2. The van der Waals surface area contributed by atoms with E-state index in [1.807, 2.05) is 0 Å². The third-order valence-corrected chi connectivity index (χ3v) is 2.99. The molecule has 6 heteroatoms. The monoisotopic (exact) mass is 325 g/mol. The predicted octanol–water partition coefficient (Wildman–Crippen LogP) is 3.33. The van der Waals surface area contributed by atoms with Gasteiger partial charge in [-0.25, -0.2) is 0 Å². The van der Waals surface area contributed by atoms with E-state index in [1.165, 1.54) is 6.20 Å². The number of pyridine rings is 1. The number of benzene rings is 1. The SMILES string of the molecule is Nc1cc(Br)cc(C(=O)Nc2cnccc2Cl)c1. The van der Waals surface area contributed by atoms with Gasteiger partial charge in [-0.15, -0.1) is 0 Å². The van der Waals surface area contributed by atoms with Crippen LogP contribution in [-0.4, -0.2) is 10.9 Å². The van der Waals surface area contributed by atoms with Crippen LogP contribution in [-0.2, 0) is 0 Å². The molecule has 0 radical (unpaired) electrons. The number of rotatable bonds is 2. The molecule has 1 aromatic heterocycles. The van der Waals surface area contributed by atoms with Crippen molar-refractivity contribution in [2.45, 2.75) is 0 Å². The fraction of sp³-hybridized carbons (Fsp3) is 0. The first-order chi connectivity index (χ1) is 8.56. The number of aromatic nitrogens is 1. The Labute approximate surface area is 117 Å². The van der Waals surface area contributed by atoms with E-state index in [-0.39, 0.29) is 5.91 Å². The Bertz CT molecular complexity index is 583. The maximum Gasteiger partial charge on any atom is 0.255 e. The van der Waals surface area contributed by atoms with Crippen molar-refractivity contribution in [3.63, 3.8) is 0 Å². The lowest BCUT2D eigenvalue weighted by molar-refractivity contribution is 0.102. The van der Waals surface area contributed by atoms with Crippen molar-refractivity contribution in [2.75, 3.05) is 11.1 Å². The molecule has 0 aliphatic heterocycles. The van der Waals surface area contributed by atoms with E-state index in [0.717, 1.165) is 4.47 Å². The number of nitrogens with two attached hydrogens (primary N) is 1. The van der Waals surface area contributed by atoms with Crippen molar-refractivity contribution < 1.29 is 4.79 Å². The summed E-state index contributed by atoms with van der Waals surface area (Å²) >= 11 is 9.21. The fourth-order valence-corrected chi connectivity index (χ4v) is 2.07. The predicted molar refractivity (Wildman–Crippen MR) is 75.8 cm³/mol. The molecule has 0 aliphatic rings. The lowest BCUT2D eigenvalue weighted by Crippen LogP contribution is -2.12. The molecule has 0 unspecified atom stereocenters. The highest BCUT2D eigenvalue weighted by molar-refractivity contribution is 9.10. The Kier molecular flexibility index (Phi) is 3.84.